The summed E-state index contributed by atoms with van der Waals surface area (Å²) in [4.78, 5) is 73.3. The van der Waals surface area contributed by atoms with Crippen molar-refractivity contribution in [2.45, 2.75) is 31.1 Å². The molecule has 4 aliphatic rings. The highest BCUT2D eigenvalue weighted by atomic mass is 79.9. The summed E-state index contributed by atoms with van der Waals surface area (Å²) in [5.74, 6) is -6.02. The molecule has 2 aliphatic carbocycles. The van der Waals surface area contributed by atoms with Crippen LogP contribution in [0.1, 0.15) is 47.2 Å². The minimum Gasteiger partial charge on any atom is -0.504 e. The van der Waals surface area contributed by atoms with Gasteiger partial charge in [0.15, 0.2) is 17.3 Å². The lowest BCUT2D eigenvalue weighted by atomic mass is 9.49. The minimum absolute atomic E-state index is 0.0993. The van der Waals surface area contributed by atoms with E-state index in [1.807, 2.05) is 36.4 Å². The second-order valence-electron chi connectivity index (χ2n) is 13.8. The van der Waals surface area contributed by atoms with Crippen molar-refractivity contribution in [3.8, 4) is 11.5 Å². The van der Waals surface area contributed by atoms with Crippen LogP contribution in [0.3, 0.4) is 0 Å². The van der Waals surface area contributed by atoms with Crippen LogP contribution in [-0.4, -0.2) is 41.6 Å². The second kappa shape index (κ2) is 12.6. The zero-order valence-electron chi connectivity index (χ0n) is 28.1. The normalized spacial score (nSPS) is 26.5. The molecule has 6 atom stereocenters. The molecule has 11 heteroatoms. The summed E-state index contributed by atoms with van der Waals surface area (Å²) in [7, 11) is 1.43. The van der Waals surface area contributed by atoms with Crippen molar-refractivity contribution in [1.29, 1.82) is 0 Å². The SMILES string of the molecule is COc1cc(Br)cc([C@H]2C3=CC[C@@H]4C(=O)N(c5ccc(C(C)=O)cc5)C(=O)[C@@H]4[C@@H]3C[C@H]3C(=O)N(c4cccc(Cl)c4)C(=O)[C@@]23c2ccccc2)c1O. The molecular weight excluding hydrogens is 748 g/mol. The zero-order valence-corrected chi connectivity index (χ0v) is 30.4. The van der Waals surface area contributed by atoms with Gasteiger partial charge in [0.2, 0.25) is 23.6 Å². The number of benzene rings is 4. The molecule has 3 fully saturated rings. The number of fused-ring (bicyclic) bond motifs is 4. The lowest BCUT2D eigenvalue weighted by molar-refractivity contribution is -0.127. The second-order valence-corrected chi connectivity index (χ2v) is 15.1. The number of aromatic hydroxyl groups is 1. The number of allylic oxidation sites excluding steroid dienone is 2. The molecule has 4 aromatic carbocycles. The van der Waals surface area contributed by atoms with Crippen molar-refractivity contribution in [1.82, 2.24) is 0 Å². The maximum atomic E-state index is 15.4. The number of phenolic OH excluding ortho intramolecular Hbond substituents is 1. The summed E-state index contributed by atoms with van der Waals surface area (Å²) in [5, 5.41) is 12.2. The third-order valence-electron chi connectivity index (χ3n) is 11.3. The first-order valence-corrected chi connectivity index (χ1v) is 18.1. The van der Waals surface area contributed by atoms with Gasteiger partial charge in [-0.05, 0) is 85.8 Å². The number of ketones is 1. The maximum Gasteiger partial charge on any atom is 0.246 e. The van der Waals surface area contributed by atoms with Gasteiger partial charge in [0.1, 0.15) is 0 Å². The average molecular weight is 780 g/mol. The fourth-order valence-electron chi connectivity index (χ4n) is 9.16. The Morgan fingerprint density at radius 3 is 2.27 bits per heavy atom. The molecule has 4 aromatic rings. The Morgan fingerprint density at radius 1 is 0.865 bits per heavy atom. The maximum absolute atomic E-state index is 15.4. The van der Waals surface area contributed by atoms with Gasteiger partial charge in [0, 0.05) is 26.5 Å². The summed E-state index contributed by atoms with van der Waals surface area (Å²) in [6.45, 7) is 1.44. The number of carbonyl (C=O) groups is 5. The highest BCUT2D eigenvalue weighted by molar-refractivity contribution is 9.10. The molecule has 9 nitrogen and oxygen atoms in total. The van der Waals surface area contributed by atoms with E-state index in [-0.39, 0.29) is 36.0 Å². The third kappa shape index (κ3) is 4.84. The molecule has 1 saturated carbocycles. The minimum atomic E-state index is -1.56. The molecule has 4 amide bonds. The van der Waals surface area contributed by atoms with E-state index in [2.05, 4.69) is 15.9 Å². The van der Waals surface area contributed by atoms with E-state index in [4.69, 9.17) is 16.3 Å². The van der Waals surface area contributed by atoms with Gasteiger partial charge in [-0.15, -0.1) is 0 Å². The highest BCUT2D eigenvalue weighted by Gasteiger charge is 2.70. The van der Waals surface area contributed by atoms with E-state index >= 15 is 4.79 Å². The molecule has 0 radical (unpaired) electrons. The molecule has 0 unspecified atom stereocenters. The highest BCUT2D eigenvalue weighted by Crippen LogP contribution is 2.66. The van der Waals surface area contributed by atoms with Crippen LogP contribution in [0.2, 0.25) is 5.02 Å². The number of nitrogens with zero attached hydrogens (tertiary/aromatic N) is 2. The molecule has 1 N–H and O–H groups in total. The van der Waals surface area contributed by atoms with Crippen LogP contribution >= 0.6 is 27.5 Å². The lowest BCUT2D eigenvalue weighted by Crippen LogP contribution is -2.53. The Kier molecular flexibility index (Phi) is 8.23. The monoisotopic (exact) mass is 778 g/mol. The number of imide groups is 2. The van der Waals surface area contributed by atoms with Gasteiger partial charge < -0.3 is 9.84 Å². The van der Waals surface area contributed by atoms with Crippen LogP contribution in [0.15, 0.2) is 107 Å². The Labute approximate surface area is 312 Å². The van der Waals surface area contributed by atoms with E-state index in [9.17, 15) is 24.3 Å². The number of methoxy groups -OCH3 is 1. The topological polar surface area (TPSA) is 121 Å². The van der Waals surface area contributed by atoms with Crippen molar-refractivity contribution < 1.29 is 33.8 Å². The Balaban J connectivity index is 1.36. The van der Waals surface area contributed by atoms with E-state index in [0.29, 0.717) is 43.1 Å². The van der Waals surface area contributed by atoms with Gasteiger partial charge in [-0.1, -0.05) is 75.6 Å². The number of amides is 4. The predicted octanol–water partition coefficient (Wildman–Crippen LogP) is 7.39. The number of Topliss-reactive ketones (excluding diaryl/α,β-unsaturated/α-hetero) is 1. The van der Waals surface area contributed by atoms with Gasteiger partial charge in [-0.25, -0.2) is 4.90 Å². The number of ether oxygens (including phenoxy) is 1. The van der Waals surface area contributed by atoms with E-state index in [1.54, 1.807) is 60.7 Å². The molecule has 0 aromatic heterocycles. The molecular formula is C41H32BrClN2O7. The van der Waals surface area contributed by atoms with Crippen molar-refractivity contribution >= 4 is 68.3 Å². The van der Waals surface area contributed by atoms with Crippen molar-refractivity contribution in [3.05, 3.63) is 129 Å². The summed E-state index contributed by atoms with van der Waals surface area (Å²) in [6, 6.07) is 25.4. The standard InChI is InChI=1S/C41H32BrClN2O7/c1-21(46)22-11-13-26(14-12-22)44-37(48)29-16-15-28-30(34(29)39(44)50)20-32-38(49)45(27-10-6-9-25(43)19-27)40(51)41(32,23-7-4-3-5-8-23)35(28)31-17-24(42)18-33(52-2)36(31)47/h3-15,17-19,29-30,32,34-35,47H,16,20H2,1-2H3/t29-,30+,32-,34-,35+,41+/m0/s1. The summed E-state index contributed by atoms with van der Waals surface area (Å²) in [5.41, 5.74) is 1.17. The van der Waals surface area contributed by atoms with Crippen LogP contribution in [-0.2, 0) is 24.6 Å². The quantitative estimate of drug-likeness (QED) is 0.123. The van der Waals surface area contributed by atoms with Gasteiger partial charge in [0.05, 0.1) is 41.7 Å². The van der Waals surface area contributed by atoms with Crippen molar-refractivity contribution in [2.75, 3.05) is 16.9 Å². The summed E-state index contributed by atoms with van der Waals surface area (Å²) < 4.78 is 6.15. The first-order chi connectivity index (χ1) is 25.0. The van der Waals surface area contributed by atoms with Gasteiger partial charge in [0.25, 0.3) is 0 Å². The smallest absolute Gasteiger partial charge is 0.246 e. The molecule has 52 heavy (non-hydrogen) atoms. The van der Waals surface area contributed by atoms with Crippen LogP contribution in [0.25, 0.3) is 0 Å². The van der Waals surface area contributed by atoms with Gasteiger partial charge >= 0.3 is 0 Å². The molecule has 0 bridgehead atoms. The number of halogens is 2. The van der Waals surface area contributed by atoms with E-state index in [0.717, 1.165) is 0 Å². The van der Waals surface area contributed by atoms with E-state index < -0.39 is 52.7 Å². The van der Waals surface area contributed by atoms with Crippen LogP contribution < -0.4 is 14.5 Å². The number of phenols is 1. The van der Waals surface area contributed by atoms with Gasteiger partial charge in [-0.3, -0.25) is 28.9 Å². The van der Waals surface area contributed by atoms with Crippen molar-refractivity contribution in [2.24, 2.45) is 23.7 Å². The Bertz CT molecular complexity index is 2240. The zero-order chi connectivity index (χ0) is 36.6. The number of carbonyl (C=O) groups excluding carboxylic acids is 5. The predicted molar refractivity (Wildman–Crippen MR) is 197 cm³/mol. The lowest BCUT2D eigenvalue weighted by Gasteiger charge is -2.50. The third-order valence-corrected chi connectivity index (χ3v) is 12.0. The number of anilines is 2. The van der Waals surface area contributed by atoms with Crippen LogP contribution in [0, 0.1) is 23.7 Å². The fraction of sp³-hybridized carbons (Fsp3) is 0.244. The largest absolute Gasteiger partial charge is 0.504 e. The fourth-order valence-corrected chi connectivity index (χ4v) is 9.80. The van der Waals surface area contributed by atoms with Crippen LogP contribution in [0.4, 0.5) is 11.4 Å². The Morgan fingerprint density at radius 2 is 1.60 bits per heavy atom. The first kappa shape index (κ1) is 34.0. The molecule has 8 rings (SSSR count). The average Bonchev–Trinajstić information content (AvgIpc) is 3.53. The van der Waals surface area contributed by atoms with E-state index in [1.165, 1.54) is 23.8 Å². The Hall–Kier alpha value is -5.06. The number of rotatable bonds is 6. The summed E-state index contributed by atoms with van der Waals surface area (Å²) >= 11 is 9.97. The summed E-state index contributed by atoms with van der Waals surface area (Å²) in [6.07, 6.45) is 2.24. The molecule has 262 valence electrons. The first-order valence-electron chi connectivity index (χ1n) is 16.9. The molecule has 2 saturated heterocycles. The molecule has 2 aliphatic heterocycles. The molecule has 0 spiro atoms. The van der Waals surface area contributed by atoms with Crippen LogP contribution in [0.5, 0.6) is 11.5 Å². The van der Waals surface area contributed by atoms with Crippen molar-refractivity contribution in [3.63, 3.8) is 0 Å². The number of hydrogen-bond acceptors (Lipinski definition) is 7. The van der Waals surface area contributed by atoms with Gasteiger partial charge in [-0.2, -0.15) is 0 Å². The molecule has 2 heterocycles. The number of hydrogen-bond donors (Lipinski definition) is 1.